The Balaban J connectivity index is 1.92. The molecule has 10 heteroatoms. The molecule has 0 saturated heterocycles. The lowest BCUT2D eigenvalue weighted by Crippen LogP contribution is -2.03. The molecule has 3 rings (SSSR count). The summed E-state index contributed by atoms with van der Waals surface area (Å²) in [5.41, 5.74) is 0.869. The number of rotatable bonds is 5. The van der Waals surface area contributed by atoms with E-state index in [2.05, 4.69) is 9.97 Å². The average Bonchev–Trinajstić information content (AvgIpc) is 3.12. The largest absolute Gasteiger partial charge is 0.439 e. The van der Waals surface area contributed by atoms with Crippen LogP contribution in [0.1, 0.15) is 12.8 Å². The fourth-order valence-corrected chi connectivity index (χ4v) is 2.97. The second-order valence-electron chi connectivity index (χ2n) is 4.80. The van der Waals surface area contributed by atoms with Gasteiger partial charge in [0.05, 0.1) is 10.6 Å². The molecule has 2 heterocycles. The summed E-state index contributed by atoms with van der Waals surface area (Å²) in [5.74, 6) is 0.0397. The fourth-order valence-electron chi connectivity index (χ4n) is 2.07. The molecule has 0 radical (unpaired) electrons. The smallest absolute Gasteiger partial charge is 0.381 e. The maximum absolute atomic E-state index is 11.9. The molecule has 9 nitrogen and oxygen atoms in total. The van der Waals surface area contributed by atoms with Gasteiger partial charge in [-0.25, -0.2) is 13.4 Å². The van der Waals surface area contributed by atoms with Gasteiger partial charge in [0.15, 0.2) is 15.4 Å². The minimum Gasteiger partial charge on any atom is -0.439 e. The Morgan fingerprint density at radius 1 is 1.39 bits per heavy atom. The van der Waals surface area contributed by atoms with Gasteiger partial charge in [0.1, 0.15) is 18.3 Å². The van der Waals surface area contributed by atoms with Crippen molar-refractivity contribution in [1.82, 2.24) is 14.5 Å². The molecule has 0 aliphatic heterocycles. The molecule has 0 aliphatic rings. The van der Waals surface area contributed by atoms with E-state index in [1.54, 1.807) is 13.0 Å². The van der Waals surface area contributed by atoms with E-state index in [-0.39, 0.29) is 23.0 Å². The molecule has 3 aromatic rings. The van der Waals surface area contributed by atoms with Crippen LogP contribution in [-0.2, 0) is 16.4 Å². The molecule has 0 amide bonds. The molecule has 120 valence electrons. The van der Waals surface area contributed by atoms with E-state index >= 15 is 0 Å². The molecule has 0 N–H and O–H groups in total. The van der Waals surface area contributed by atoms with Crippen molar-refractivity contribution in [2.24, 2.45) is 0 Å². The Hall–Kier alpha value is -2.75. The minimum absolute atomic E-state index is 0.00190. The highest BCUT2D eigenvalue weighted by Crippen LogP contribution is 2.21. The summed E-state index contributed by atoms with van der Waals surface area (Å²) in [6, 6.07) is 4.47. The zero-order valence-electron chi connectivity index (χ0n) is 12.0. The Labute approximate surface area is 130 Å². The van der Waals surface area contributed by atoms with Gasteiger partial charge >= 0.3 is 5.82 Å². The first-order valence-corrected chi connectivity index (χ1v) is 8.32. The topological polar surface area (TPSA) is 121 Å². The first-order valence-electron chi connectivity index (χ1n) is 6.67. The van der Waals surface area contributed by atoms with Crippen LogP contribution in [0.15, 0.2) is 40.0 Å². The van der Waals surface area contributed by atoms with Crippen LogP contribution in [0.2, 0.25) is 0 Å². The molecular formula is C13H12N4O5S. The Bertz CT molecular complexity index is 989. The molecule has 0 atom stereocenters. The standard InChI is InChI=1S/C13H12N4O5S/c1-2-23(20,21)9-3-4-11-10(5-9)15-13(22-11)7-16-6-12(14-8-16)17(18)19/h3-6,8H,2,7H2,1H3. The molecule has 23 heavy (non-hydrogen) atoms. The molecular weight excluding hydrogens is 324 g/mol. The first kappa shape index (κ1) is 15.2. The van der Waals surface area contributed by atoms with Gasteiger partial charge in [-0.2, -0.15) is 0 Å². The summed E-state index contributed by atoms with van der Waals surface area (Å²) in [6.07, 6.45) is 2.57. The monoisotopic (exact) mass is 336 g/mol. The van der Waals surface area contributed by atoms with Gasteiger partial charge in [-0.05, 0) is 28.1 Å². The van der Waals surface area contributed by atoms with Crippen molar-refractivity contribution < 1.29 is 17.8 Å². The lowest BCUT2D eigenvalue weighted by Gasteiger charge is -1.99. The summed E-state index contributed by atoms with van der Waals surface area (Å²) in [5, 5.41) is 10.6. The van der Waals surface area contributed by atoms with Crippen LogP contribution >= 0.6 is 0 Å². The van der Waals surface area contributed by atoms with Gasteiger partial charge in [0, 0.05) is 0 Å². The van der Waals surface area contributed by atoms with Gasteiger partial charge in [-0.15, -0.1) is 0 Å². The number of aromatic nitrogens is 3. The lowest BCUT2D eigenvalue weighted by molar-refractivity contribution is -0.389. The fraction of sp³-hybridized carbons (Fsp3) is 0.231. The maximum atomic E-state index is 11.9. The summed E-state index contributed by atoms with van der Waals surface area (Å²) in [7, 11) is -3.32. The highest BCUT2D eigenvalue weighted by molar-refractivity contribution is 7.91. The van der Waals surface area contributed by atoms with Crippen molar-refractivity contribution in [3.63, 3.8) is 0 Å². The third-order valence-corrected chi connectivity index (χ3v) is 5.00. The van der Waals surface area contributed by atoms with Crippen molar-refractivity contribution in [1.29, 1.82) is 0 Å². The van der Waals surface area contributed by atoms with E-state index in [0.717, 1.165) is 0 Å². The number of fused-ring (bicyclic) bond motifs is 1. The third kappa shape index (κ3) is 2.93. The van der Waals surface area contributed by atoms with Crippen LogP contribution < -0.4 is 0 Å². The summed E-state index contributed by atoms with van der Waals surface area (Å²) in [6.45, 7) is 1.73. The van der Waals surface area contributed by atoms with E-state index in [1.807, 2.05) is 0 Å². The van der Waals surface area contributed by atoms with Gasteiger partial charge < -0.3 is 19.1 Å². The van der Waals surface area contributed by atoms with Crippen LogP contribution in [0.3, 0.4) is 0 Å². The summed E-state index contributed by atoms with van der Waals surface area (Å²) >= 11 is 0. The molecule has 0 fully saturated rings. The Morgan fingerprint density at radius 3 is 2.83 bits per heavy atom. The molecule has 0 spiro atoms. The molecule has 2 aromatic heterocycles. The summed E-state index contributed by atoms with van der Waals surface area (Å²) in [4.78, 5) is 18.1. The number of benzene rings is 1. The van der Waals surface area contributed by atoms with Crippen molar-refractivity contribution >= 4 is 26.8 Å². The quantitative estimate of drug-likeness (QED) is 0.514. The summed E-state index contributed by atoms with van der Waals surface area (Å²) < 4.78 is 30.7. The zero-order valence-corrected chi connectivity index (χ0v) is 12.9. The number of oxazole rings is 1. The Morgan fingerprint density at radius 2 is 2.17 bits per heavy atom. The van der Waals surface area contributed by atoms with Crippen molar-refractivity contribution in [2.45, 2.75) is 18.4 Å². The molecule has 0 aliphatic carbocycles. The number of nitro groups is 1. The van der Waals surface area contributed by atoms with Gasteiger partial charge in [-0.1, -0.05) is 6.92 Å². The number of imidazole rings is 1. The van der Waals surface area contributed by atoms with Crippen LogP contribution in [0.4, 0.5) is 5.82 Å². The average molecular weight is 336 g/mol. The molecule has 0 bridgehead atoms. The highest BCUT2D eigenvalue weighted by Gasteiger charge is 2.16. The second-order valence-corrected chi connectivity index (χ2v) is 7.08. The van der Waals surface area contributed by atoms with Crippen LogP contribution in [0.25, 0.3) is 11.1 Å². The van der Waals surface area contributed by atoms with Crippen molar-refractivity contribution in [3.05, 3.63) is 46.7 Å². The predicted molar refractivity (Wildman–Crippen MR) is 79.7 cm³/mol. The second kappa shape index (κ2) is 5.47. The van der Waals surface area contributed by atoms with E-state index < -0.39 is 14.8 Å². The Kier molecular flexibility index (Phi) is 3.60. The normalized spacial score (nSPS) is 11.9. The number of sulfone groups is 1. The number of hydrogen-bond donors (Lipinski definition) is 0. The zero-order chi connectivity index (χ0) is 16.6. The number of nitrogens with zero attached hydrogens (tertiary/aromatic N) is 4. The van der Waals surface area contributed by atoms with Crippen molar-refractivity contribution in [2.75, 3.05) is 5.75 Å². The van der Waals surface area contributed by atoms with Gasteiger partial charge in [0.2, 0.25) is 12.2 Å². The van der Waals surface area contributed by atoms with Gasteiger partial charge in [-0.3, -0.25) is 0 Å². The minimum atomic E-state index is -3.32. The van der Waals surface area contributed by atoms with E-state index in [0.29, 0.717) is 17.0 Å². The maximum Gasteiger partial charge on any atom is 0.381 e. The predicted octanol–water partition coefficient (Wildman–Crippen LogP) is 1.77. The first-order chi connectivity index (χ1) is 10.9. The van der Waals surface area contributed by atoms with Gasteiger partial charge in [0.25, 0.3) is 0 Å². The molecule has 1 aromatic carbocycles. The van der Waals surface area contributed by atoms with Crippen LogP contribution in [0, 0.1) is 10.1 Å². The van der Waals surface area contributed by atoms with Crippen LogP contribution in [0.5, 0.6) is 0 Å². The SMILES string of the molecule is CCS(=O)(=O)c1ccc2oc(Cn3cnc([N+](=O)[O-])c3)nc2c1. The molecule has 0 saturated carbocycles. The van der Waals surface area contributed by atoms with E-state index in [1.165, 1.54) is 29.2 Å². The van der Waals surface area contributed by atoms with E-state index in [9.17, 15) is 18.5 Å². The van der Waals surface area contributed by atoms with Crippen molar-refractivity contribution in [3.8, 4) is 0 Å². The lowest BCUT2D eigenvalue weighted by atomic mass is 10.3. The van der Waals surface area contributed by atoms with E-state index in [4.69, 9.17) is 4.42 Å². The van der Waals surface area contributed by atoms with Crippen LogP contribution in [-0.4, -0.2) is 33.6 Å². The molecule has 0 unspecified atom stereocenters. The third-order valence-electron chi connectivity index (χ3n) is 3.27. The number of hydrogen-bond acceptors (Lipinski definition) is 7. The highest BCUT2D eigenvalue weighted by atomic mass is 32.2.